The minimum atomic E-state index is -0.309. The molecule has 32 heavy (non-hydrogen) atoms. The van der Waals surface area contributed by atoms with Gasteiger partial charge in [-0.2, -0.15) is 0 Å². The van der Waals surface area contributed by atoms with E-state index in [1.165, 1.54) is 13.2 Å². The Hall–Kier alpha value is -3.28. The summed E-state index contributed by atoms with van der Waals surface area (Å²) in [6.07, 6.45) is 3.01. The van der Waals surface area contributed by atoms with Crippen LogP contribution in [0.4, 0.5) is 5.69 Å². The summed E-state index contributed by atoms with van der Waals surface area (Å²) in [7, 11) is 1.51. The van der Waals surface area contributed by atoms with Crippen molar-refractivity contribution in [1.29, 1.82) is 0 Å². The fraction of sp³-hybridized carbons (Fsp3) is 0.120. The lowest BCUT2D eigenvalue weighted by atomic mass is 10.1. The molecular formula is C25H20Cl2N2O3. The number of anilines is 1. The third-order valence-electron chi connectivity index (χ3n) is 4.94. The van der Waals surface area contributed by atoms with Gasteiger partial charge in [0.1, 0.15) is 11.3 Å². The molecule has 0 aliphatic rings. The van der Waals surface area contributed by atoms with Crippen molar-refractivity contribution in [3.8, 4) is 17.2 Å². The van der Waals surface area contributed by atoms with Crippen LogP contribution in [0.25, 0.3) is 28.6 Å². The van der Waals surface area contributed by atoms with Crippen LogP contribution in [-0.4, -0.2) is 18.0 Å². The van der Waals surface area contributed by atoms with Crippen LogP contribution in [0.5, 0.6) is 5.75 Å². The summed E-state index contributed by atoms with van der Waals surface area (Å²) < 4.78 is 11.2. The van der Waals surface area contributed by atoms with E-state index in [9.17, 15) is 4.79 Å². The molecule has 0 saturated heterocycles. The van der Waals surface area contributed by atoms with E-state index in [0.717, 1.165) is 22.2 Å². The van der Waals surface area contributed by atoms with Crippen LogP contribution in [0.1, 0.15) is 16.7 Å². The second-order valence-electron chi connectivity index (χ2n) is 7.35. The zero-order chi connectivity index (χ0) is 22.8. The van der Waals surface area contributed by atoms with Gasteiger partial charge in [-0.3, -0.25) is 4.79 Å². The number of aryl methyl sites for hydroxylation is 2. The number of fused-ring (bicyclic) bond motifs is 1. The van der Waals surface area contributed by atoms with Crippen molar-refractivity contribution in [2.45, 2.75) is 13.8 Å². The summed E-state index contributed by atoms with van der Waals surface area (Å²) in [6, 6.07) is 14.8. The summed E-state index contributed by atoms with van der Waals surface area (Å²) in [6.45, 7) is 3.92. The number of carbonyl (C=O) groups is 1. The number of nitrogens with one attached hydrogen (secondary N) is 1. The van der Waals surface area contributed by atoms with Crippen molar-refractivity contribution >= 4 is 52.0 Å². The Balaban J connectivity index is 1.58. The largest absolute Gasteiger partial charge is 0.495 e. The van der Waals surface area contributed by atoms with Gasteiger partial charge in [-0.25, -0.2) is 4.98 Å². The van der Waals surface area contributed by atoms with Crippen LogP contribution in [-0.2, 0) is 4.79 Å². The van der Waals surface area contributed by atoms with Crippen molar-refractivity contribution in [1.82, 2.24) is 4.98 Å². The first-order chi connectivity index (χ1) is 15.3. The Bertz CT molecular complexity index is 1360. The Kier molecular flexibility index (Phi) is 6.21. The molecule has 7 heteroatoms. The topological polar surface area (TPSA) is 64.4 Å². The molecule has 1 aromatic heterocycles. The van der Waals surface area contributed by atoms with E-state index >= 15 is 0 Å². The van der Waals surface area contributed by atoms with Gasteiger partial charge in [0.15, 0.2) is 5.58 Å². The first-order valence-corrected chi connectivity index (χ1v) is 10.6. The molecule has 1 amide bonds. The smallest absolute Gasteiger partial charge is 0.248 e. The highest BCUT2D eigenvalue weighted by molar-refractivity contribution is 6.36. The maximum Gasteiger partial charge on any atom is 0.248 e. The fourth-order valence-corrected chi connectivity index (χ4v) is 3.90. The summed E-state index contributed by atoms with van der Waals surface area (Å²) in [4.78, 5) is 17.2. The fourth-order valence-electron chi connectivity index (χ4n) is 3.31. The van der Waals surface area contributed by atoms with E-state index in [0.29, 0.717) is 38.5 Å². The number of aromatic nitrogens is 1. The average molecular weight is 467 g/mol. The first kappa shape index (κ1) is 21.9. The third-order valence-corrected chi connectivity index (χ3v) is 5.44. The minimum Gasteiger partial charge on any atom is -0.495 e. The average Bonchev–Trinajstić information content (AvgIpc) is 3.16. The maximum absolute atomic E-state index is 12.6. The molecule has 0 fully saturated rings. The number of ether oxygens (including phenoxy) is 1. The molecular weight excluding hydrogens is 447 g/mol. The molecule has 0 bridgehead atoms. The Labute approximate surface area is 195 Å². The molecule has 0 atom stereocenters. The van der Waals surface area contributed by atoms with Crippen molar-refractivity contribution < 1.29 is 13.9 Å². The second-order valence-corrected chi connectivity index (χ2v) is 8.20. The van der Waals surface area contributed by atoms with Gasteiger partial charge in [0, 0.05) is 27.9 Å². The van der Waals surface area contributed by atoms with Gasteiger partial charge in [0.05, 0.1) is 12.1 Å². The molecule has 0 aliphatic heterocycles. The minimum absolute atomic E-state index is 0.309. The number of rotatable bonds is 5. The van der Waals surface area contributed by atoms with E-state index in [-0.39, 0.29) is 5.91 Å². The standard InChI is InChI=1S/C25H20Cl2N2O3/c1-14-4-8-22-21(10-14)29-25(32-22)17-6-5-15(2)20(12-17)28-23(30)9-7-16-11-18(26)13-19(27)24(16)31-3/h4-13H,1-3H3,(H,28,30)/b9-7+. The van der Waals surface area contributed by atoms with Crippen molar-refractivity contribution in [3.63, 3.8) is 0 Å². The molecule has 1 N–H and O–H groups in total. The van der Waals surface area contributed by atoms with E-state index in [1.807, 2.05) is 50.2 Å². The van der Waals surface area contributed by atoms with Crippen molar-refractivity contribution in [2.24, 2.45) is 0 Å². The molecule has 5 nitrogen and oxygen atoms in total. The number of oxazole rings is 1. The van der Waals surface area contributed by atoms with Gasteiger partial charge in [-0.05, 0) is 67.4 Å². The van der Waals surface area contributed by atoms with Crippen molar-refractivity contribution in [2.75, 3.05) is 12.4 Å². The monoisotopic (exact) mass is 466 g/mol. The van der Waals surface area contributed by atoms with Crippen LogP contribution >= 0.6 is 23.2 Å². The van der Waals surface area contributed by atoms with Gasteiger partial charge < -0.3 is 14.5 Å². The summed E-state index contributed by atoms with van der Waals surface area (Å²) in [5.74, 6) is 0.635. The van der Waals surface area contributed by atoms with Gasteiger partial charge in [-0.15, -0.1) is 0 Å². The number of benzene rings is 3. The van der Waals surface area contributed by atoms with E-state index < -0.39 is 0 Å². The van der Waals surface area contributed by atoms with Crippen LogP contribution in [0, 0.1) is 13.8 Å². The Morgan fingerprint density at radius 3 is 2.69 bits per heavy atom. The number of carbonyl (C=O) groups excluding carboxylic acids is 1. The summed E-state index contributed by atoms with van der Waals surface area (Å²) in [5.41, 5.74) is 5.56. The summed E-state index contributed by atoms with van der Waals surface area (Å²) in [5, 5.41) is 3.72. The van der Waals surface area contributed by atoms with Gasteiger partial charge in [0.2, 0.25) is 11.8 Å². The zero-order valence-electron chi connectivity index (χ0n) is 17.7. The van der Waals surface area contributed by atoms with Crippen LogP contribution in [0.3, 0.4) is 0 Å². The van der Waals surface area contributed by atoms with Crippen LogP contribution in [0.2, 0.25) is 10.0 Å². The highest BCUT2D eigenvalue weighted by Gasteiger charge is 2.12. The molecule has 0 aliphatic carbocycles. The molecule has 3 aromatic carbocycles. The number of methoxy groups -OCH3 is 1. The quantitative estimate of drug-likeness (QED) is 0.319. The number of halogens is 2. The van der Waals surface area contributed by atoms with E-state index in [1.54, 1.807) is 18.2 Å². The molecule has 4 rings (SSSR count). The lowest BCUT2D eigenvalue weighted by Crippen LogP contribution is -2.09. The lowest BCUT2D eigenvalue weighted by molar-refractivity contribution is -0.111. The van der Waals surface area contributed by atoms with Gasteiger partial charge in [-0.1, -0.05) is 35.3 Å². The normalized spacial score (nSPS) is 11.3. The number of hydrogen-bond acceptors (Lipinski definition) is 4. The Morgan fingerprint density at radius 2 is 1.91 bits per heavy atom. The highest BCUT2D eigenvalue weighted by Crippen LogP contribution is 2.33. The van der Waals surface area contributed by atoms with Crippen LogP contribution < -0.4 is 10.1 Å². The van der Waals surface area contributed by atoms with Gasteiger partial charge in [0.25, 0.3) is 0 Å². The predicted molar refractivity (Wildman–Crippen MR) is 130 cm³/mol. The van der Waals surface area contributed by atoms with Gasteiger partial charge >= 0.3 is 0 Å². The highest BCUT2D eigenvalue weighted by atomic mass is 35.5. The molecule has 0 unspecified atom stereocenters. The number of nitrogens with zero attached hydrogens (tertiary/aromatic N) is 1. The second kappa shape index (κ2) is 9.07. The zero-order valence-corrected chi connectivity index (χ0v) is 19.2. The predicted octanol–water partition coefficient (Wildman–Crippen LogP) is 7.08. The molecule has 0 radical (unpaired) electrons. The SMILES string of the molecule is COc1c(Cl)cc(Cl)cc1/C=C/C(=O)Nc1cc(-c2nc3cc(C)ccc3o2)ccc1C. The maximum atomic E-state index is 12.6. The molecule has 0 saturated carbocycles. The molecule has 1 heterocycles. The molecule has 0 spiro atoms. The van der Waals surface area contributed by atoms with Crippen molar-refractivity contribution in [3.05, 3.63) is 81.3 Å². The lowest BCUT2D eigenvalue weighted by Gasteiger charge is -2.09. The molecule has 162 valence electrons. The van der Waals surface area contributed by atoms with E-state index in [4.69, 9.17) is 32.4 Å². The summed E-state index contributed by atoms with van der Waals surface area (Å²) >= 11 is 12.2. The first-order valence-electron chi connectivity index (χ1n) is 9.84. The Morgan fingerprint density at radius 1 is 1.09 bits per heavy atom. The number of hydrogen-bond donors (Lipinski definition) is 1. The van der Waals surface area contributed by atoms with Crippen LogP contribution in [0.15, 0.2) is 59.0 Å². The third kappa shape index (κ3) is 4.64. The van der Waals surface area contributed by atoms with E-state index in [2.05, 4.69) is 10.3 Å². The molecule has 4 aromatic rings. The number of amides is 1.